The molecule has 0 aliphatic carbocycles. The van der Waals surface area contributed by atoms with Crippen LogP contribution >= 0.6 is 0 Å². The molecule has 1 atom stereocenters. The van der Waals surface area contributed by atoms with E-state index in [1.165, 1.54) is 12.1 Å². The summed E-state index contributed by atoms with van der Waals surface area (Å²) in [6.45, 7) is 11.9. The Morgan fingerprint density at radius 2 is 1.85 bits per heavy atom. The molecule has 2 aromatic rings. The van der Waals surface area contributed by atoms with Crippen molar-refractivity contribution in [3.05, 3.63) is 65.0 Å². The van der Waals surface area contributed by atoms with Crippen molar-refractivity contribution >= 4 is 11.6 Å². The van der Waals surface area contributed by atoms with Gasteiger partial charge in [0.1, 0.15) is 5.82 Å². The molecule has 33 heavy (non-hydrogen) atoms. The van der Waals surface area contributed by atoms with E-state index in [1.807, 2.05) is 32.0 Å². The molecule has 0 aromatic heterocycles. The van der Waals surface area contributed by atoms with E-state index in [0.717, 1.165) is 42.0 Å². The average molecular weight is 460 g/mol. The summed E-state index contributed by atoms with van der Waals surface area (Å²) >= 11 is 0. The van der Waals surface area contributed by atoms with Gasteiger partial charge in [-0.15, -0.1) is 0 Å². The van der Waals surface area contributed by atoms with Crippen LogP contribution in [0.3, 0.4) is 0 Å². The number of aliphatic hydroxyl groups is 1. The number of β-amino-alcohol motifs (C(OH)–C–C–N with tert-alkyl or cyclic N) is 1. The maximum Gasteiger partial charge on any atom is 0.238 e. The topological polar surface area (TPSA) is 65.0 Å². The molecule has 1 fully saturated rings. The number of nitrogens with zero attached hydrogens (tertiary/aromatic N) is 2. The van der Waals surface area contributed by atoms with Gasteiger partial charge in [0.25, 0.3) is 0 Å². The zero-order valence-corrected chi connectivity index (χ0v) is 20.1. The van der Waals surface area contributed by atoms with Crippen molar-refractivity contribution in [2.45, 2.75) is 45.9 Å². The third-order valence-corrected chi connectivity index (χ3v) is 6.19. The number of benzene rings is 2. The Hall–Kier alpha value is -2.32. The largest absolute Gasteiger partial charge is 0.389 e. The standard InChI is InChI=1S/C26H36FN3O3.H2/c1-19-6-5-7-20(2)25(19)28-24(32)15-29-12-13-30(26(3,4)18-29)14-23(31)17-33-16-21-8-10-22(27)11-9-21;/h5-11,23,31H,12-18H2,1-4H3,(H,28,32);1H. The quantitative estimate of drug-likeness (QED) is 0.600. The van der Waals surface area contributed by atoms with Gasteiger partial charge in [-0.2, -0.15) is 0 Å². The van der Waals surface area contributed by atoms with Crippen molar-refractivity contribution in [3.8, 4) is 0 Å². The molecule has 1 aliphatic rings. The predicted molar refractivity (Wildman–Crippen MR) is 131 cm³/mol. The Morgan fingerprint density at radius 1 is 1.18 bits per heavy atom. The summed E-state index contributed by atoms with van der Waals surface area (Å²) in [7, 11) is 0. The molecule has 6 nitrogen and oxygen atoms in total. The zero-order valence-electron chi connectivity index (χ0n) is 20.1. The molecular formula is C26H38FN3O3. The molecule has 0 radical (unpaired) electrons. The van der Waals surface area contributed by atoms with Crippen molar-refractivity contribution in [3.63, 3.8) is 0 Å². The second kappa shape index (κ2) is 11.2. The second-order valence-corrected chi connectivity index (χ2v) is 9.58. The van der Waals surface area contributed by atoms with Gasteiger partial charge in [-0.3, -0.25) is 14.6 Å². The van der Waals surface area contributed by atoms with E-state index < -0.39 is 6.10 Å². The third-order valence-electron chi connectivity index (χ3n) is 6.19. The lowest BCUT2D eigenvalue weighted by molar-refractivity contribution is -0.118. The first-order valence-corrected chi connectivity index (χ1v) is 11.5. The summed E-state index contributed by atoms with van der Waals surface area (Å²) in [5.74, 6) is -0.284. The molecule has 1 saturated heterocycles. The van der Waals surface area contributed by atoms with E-state index >= 15 is 0 Å². The Labute approximate surface area is 197 Å². The van der Waals surface area contributed by atoms with Gasteiger partial charge in [0.05, 0.1) is 25.9 Å². The van der Waals surface area contributed by atoms with Crippen molar-refractivity contribution in [2.24, 2.45) is 0 Å². The van der Waals surface area contributed by atoms with Gasteiger partial charge in [-0.05, 0) is 56.5 Å². The average Bonchev–Trinajstić information content (AvgIpc) is 2.74. The van der Waals surface area contributed by atoms with E-state index in [0.29, 0.717) is 19.7 Å². The first-order valence-electron chi connectivity index (χ1n) is 11.5. The summed E-state index contributed by atoms with van der Waals surface area (Å²) in [6.07, 6.45) is -0.622. The molecule has 7 heteroatoms. The number of para-hydroxylation sites is 1. The number of aliphatic hydroxyl groups excluding tert-OH is 1. The Balaban J connectivity index is 0.00000408. The fourth-order valence-corrected chi connectivity index (χ4v) is 4.36. The van der Waals surface area contributed by atoms with Crippen molar-refractivity contribution in [1.82, 2.24) is 9.80 Å². The van der Waals surface area contributed by atoms with Gasteiger partial charge in [0, 0.05) is 38.8 Å². The molecule has 0 bridgehead atoms. The fraction of sp³-hybridized carbons (Fsp3) is 0.500. The first-order chi connectivity index (χ1) is 15.6. The van der Waals surface area contributed by atoms with E-state index in [4.69, 9.17) is 4.74 Å². The van der Waals surface area contributed by atoms with Crippen LogP contribution in [0.5, 0.6) is 0 Å². The molecule has 2 aromatic carbocycles. The molecule has 1 amide bonds. The number of carbonyl (C=O) groups excluding carboxylic acids is 1. The van der Waals surface area contributed by atoms with E-state index in [1.54, 1.807) is 12.1 Å². The lowest BCUT2D eigenvalue weighted by Gasteiger charge is -2.47. The number of rotatable bonds is 9. The predicted octanol–water partition coefficient (Wildman–Crippen LogP) is 3.60. The van der Waals surface area contributed by atoms with Crippen molar-refractivity contribution in [1.29, 1.82) is 0 Å². The molecule has 0 spiro atoms. The van der Waals surface area contributed by atoms with Crippen LogP contribution in [-0.2, 0) is 16.1 Å². The van der Waals surface area contributed by atoms with Gasteiger partial charge in [-0.1, -0.05) is 30.3 Å². The van der Waals surface area contributed by atoms with Gasteiger partial charge < -0.3 is 15.2 Å². The summed E-state index contributed by atoms with van der Waals surface area (Å²) < 4.78 is 18.6. The van der Waals surface area contributed by atoms with Crippen molar-refractivity contribution < 1.29 is 20.5 Å². The van der Waals surface area contributed by atoms with E-state index in [9.17, 15) is 14.3 Å². The maximum absolute atomic E-state index is 13.0. The normalized spacial score (nSPS) is 17.6. The van der Waals surface area contributed by atoms with Crippen LogP contribution in [0.1, 0.15) is 32.0 Å². The smallest absolute Gasteiger partial charge is 0.238 e. The monoisotopic (exact) mass is 459 g/mol. The van der Waals surface area contributed by atoms with Crippen LogP contribution in [0.25, 0.3) is 0 Å². The number of halogens is 1. The minimum atomic E-state index is -0.622. The van der Waals surface area contributed by atoms with Gasteiger partial charge in [0.2, 0.25) is 5.91 Å². The molecule has 182 valence electrons. The summed E-state index contributed by atoms with van der Waals surface area (Å²) in [4.78, 5) is 17.1. The highest BCUT2D eigenvalue weighted by Crippen LogP contribution is 2.22. The minimum absolute atomic E-state index is 0. The maximum atomic E-state index is 13.0. The minimum Gasteiger partial charge on any atom is -0.389 e. The lowest BCUT2D eigenvalue weighted by Crippen LogP contribution is -2.61. The molecule has 0 saturated carbocycles. The third kappa shape index (κ3) is 7.33. The first kappa shape index (κ1) is 25.3. The second-order valence-electron chi connectivity index (χ2n) is 9.58. The van der Waals surface area contributed by atoms with Crippen molar-refractivity contribution in [2.75, 3.05) is 44.6 Å². The van der Waals surface area contributed by atoms with E-state index in [2.05, 4.69) is 29.0 Å². The molecule has 1 aliphatic heterocycles. The molecule has 1 unspecified atom stereocenters. The number of carbonyl (C=O) groups is 1. The number of amides is 1. The lowest BCUT2D eigenvalue weighted by atomic mass is 9.98. The van der Waals surface area contributed by atoms with Crippen LogP contribution in [0, 0.1) is 19.7 Å². The summed E-state index contributed by atoms with van der Waals surface area (Å²) in [5.41, 5.74) is 3.70. The Bertz CT molecular complexity index is 919. The summed E-state index contributed by atoms with van der Waals surface area (Å²) in [6, 6.07) is 12.2. The zero-order chi connectivity index (χ0) is 24.0. The highest BCUT2D eigenvalue weighted by atomic mass is 19.1. The van der Waals surface area contributed by atoms with E-state index in [-0.39, 0.29) is 25.3 Å². The van der Waals surface area contributed by atoms with Gasteiger partial charge in [0.15, 0.2) is 0 Å². The number of hydrogen-bond acceptors (Lipinski definition) is 5. The van der Waals surface area contributed by atoms with Crippen LogP contribution < -0.4 is 5.32 Å². The highest BCUT2D eigenvalue weighted by molar-refractivity contribution is 5.93. The number of anilines is 1. The molecular weight excluding hydrogens is 421 g/mol. The molecule has 3 rings (SSSR count). The van der Waals surface area contributed by atoms with Crippen LogP contribution in [0.15, 0.2) is 42.5 Å². The molecule has 1 heterocycles. The Morgan fingerprint density at radius 3 is 2.48 bits per heavy atom. The van der Waals surface area contributed by atoms with Crippen LogP contribution in [-0.4, -0.2) is 71.8 Å². The van der Waals surface area contributed by atoms with Crippen LogP contribution in [0.2, 0.25) is 0 Å². The Kier molecular flexibility index (Phi) is 8.59. The summed E-state index contributed by atoms with van der Waals surface area (Å²) in [5, 5.41) is 13.5. The number of nitrogens with one attached hydrogen (secondary N) is 1. The van der Waals surface area contributed by atoms with Gasteiger partial charge >= 0.3 is 0 Å². The number of piperazine rings is 1. The number of ether oxygens (including phenoxy) is 1. The number of aryl methyl sites for hydroxylation is 2. The fourth-order valence-electron chi connectivity index (χ4n) is 4.36. The van der Waals surface area contributed by atoms with Gasteiger partial charge in [-0.25, -0.2) is 4.39 Å². The van der Waals surface area contributed by atoms with Crippen LogP contribution in [0.4, 0.5) is 10.1 Å². The number of hydrogen-bond donors (Lipinski definition) is 2. The highest BCUT2D eigenvalue weighted by Gasteiger charge is 2.35. The SMILES string of the molecule is Cc1cccc(C)c1NC(=O)CN1CCN(CC(O)COCc2ccc(F)cc2)C(C)(C)C1.[HH]. The molecule has 2 N–H and O–H groups in total.